The molecule has 1 saturated heterocycles. The lowest BCUT2D eigenvalue weighted by molar-refractivity contribution is -0.122. The molecule has 1 aromatic heterocycles. The molecule has 1 atom stereocenters. The molecule has 4 rings (SSSR count). The van der Waals surface area contributed by atoms with Crippen molar-refractivity contribution in [1.82, 2.24) is 9.88 Å². The minimum atomic E-state index is -0.753. The maximum absolute atomic E-state index is 13.3. The van der Waals surface area contributed by atoms with Crippen molar-refractivity contribution in [3.05, 3.63) is 82.7 Å². The molecule has 2 heterocycles. The molecule has 1 N–H and O–H groups in total. The Morgan fingerprint density at radius 3 is 2.20 bits per heavy atom. The summed E-state index contributed by atoms with van der Waals surface area (Å²) in [6, 6.07) is 16.1. The van der Waals surface area contributed by atoms with E-state index in [-0.39, 0.29) is 5.57 Å². The molecular formula is C28H29N3O4. The van der Waals surface area contributed by atoms with Crippen LogP contribution in [0.3, 0.4) is 0 Å². The Labute approximate surface area is 205 Å². The summed E-state index contributed by atoms with van der Waals surface area (Å²) in [5, 5.41) is 2.30. The quantitative estimate of drug-likeness (QED) is 0.392. The van der Waals surface area contributed by atoms with Crippen LogP contribution in [0.4, 0.5) is 10.5 Å². The maximum atomic E-state index is 13.3. The molecule has 7 nitrogen and oxygen atoms in total. The average molecular weight is 472 g/mol. The zero-order valence-corrected chi connectivity index (χ0v) is 20.6. The summed E-state index contributed by atoms with van der Waals surface area (Å²) in [5.41, 5.74) is 4.91. The summed E-state index contributed by atoms with van der Waals surface area (Å²) in [6.45, 7) is 8.10. The highest BCUT2D eigenvalue weighted by atomic mass is 16.5. The van der Waals surface area contributed by atoms with Crippen LogP contribution in [0.25, 0.3) is 11.8 Å². The van der Waals surface area contributed by atoms with Gasteiger partial charge in [-0.25, -0.2) is 9.69 Å². The van der Waals surface area contributed by atoms with Crippen LogP contribution in [0, 0.1) is 13.8 Å². The van der Waals surface area contributed by atoms with Gasteiger partial charge in [-0.1, -0.05) is 26.0 Å². The van der Waals surface area contributed by atoms with Crippen LogP contribution < -0.4 is 15.0 Å². The van der Waals surface area contributed by atoms with Gasteiger partial charge in [0.25, 0.3) is 11.8 Å². The van der Waals surface area contributed by atoms with Crippen molar-refractivity contribution in [2.24, 2.45) is 0 Å². The van der Waals surface area contributed by atoms with Gasteiger partial charge in [0.1, 0.15) is 11.3 Å². The molecule has 0 aliphatic carbocycles. The first kappa shape index (κ1) is 24.0. The van der Waals surface area contributed by atoms with Crippen molar-refractivity contribution in [3.8, 4) is 11.4 Å². The third-order valence-corrected chi connectivity index (χ3v) is 6.54. The fourth-order valence-corrected chi connectivity index (χ4v) is 4.30. The lowest BCUT2D eigenvalue weighted by Crippen LogP contribution is -2.54. The first-order valence-corrected chi connectivity index (χ1v) is 11.6. The number of benzene rings is 2. The summed E-state index contributed by atoms with van der Waals surface area (Å²) < 4.78 is 7.28. The van der Waals surface area contributed by atoms with Gasteiger partial charge in [-0.3, -0.25) is 14.9 Å². The fraction of sp³-hybridized carbons (Fsp3) is 0.250. The molecule has 1 aliphatic heterocycles. The third kappa shape index (κ3) is 4.49. The average Bonchev–Trinajstić information content (AvgIpc) is 3.14. The summed E-state index contributed by atoms with van der Waals surface area (Å²) in [7, 11) is 1.62. The molecule has 0 bridgehead atoms. The van der Waals surface area contributed by atoms with E-state index in [1.54, 1.807) is 25.3 Å². The number of urea groups is 1. The van der Waals surface area contributed by atoms with Crippen molar-refractivity contribution >= 4 is 29.6 Å². The number of carbonyl (C=O) groups excluding carboxylic acids is 3. The zero-order chi connectivity index (χ0) is 25.3. The minimum absolute atomic E-state index is 0.0921. The van der Waals surface area contributed by atoms with Gasteiger partial charge in [0, 0.05) is 17.1 Å². The normalized spacial score (nSPS) is 16.0. The third-order valence-electron chi connectivity index (χ3n) is 6.54. The molecular weight excluding hydrogens is 442 g/mol. The van der Waals surface area contributed by atoms with Gasteiger partial charge >= 0.3 is 6.03 Å². The van der Waals surface area contributed by atoms with Crippen LogP contribution in [0.2, 0.25) is 0 Å². The Morgan fingerprint density at radius 2 is 1.60 bits per heavy atom. The van der Waals surface area contributed by atoms with Crippen molar-refractivity contribution < 1.29 is 19.1 Å². The van der Waals surface area contributed by atoms with E-state index >= 15 is 0 Å². The van der Waals surface area contributed by atoms with E-state index in [0.717, 1.165) is 45.3 Å². The molecule has 0 spiro atoms. The van der Waals surface area contributed by atoms with Gasteiger partial charge in [0.05, 0.1) is 12.8 Å². The smallest absolute Gasteiger partial charge is 0.335 e. The lowest BCUT2D eigenvalue weighted by atomic mass is 9.98. The highest BCUT2D eigenvalue weighted by molar-refractivity contribution is 6.39. The number of nitrogens with one attached hydrogen (secondary N) is 1. The number of carbonyl (C=O) groups is 3. The molecule has 180 valence electrons. The lowest BCUT2D eigenvalue weighted by Gasteiger charge is -2.26. The molecule has 0 saturated carbocycles. The van der Waals surface area contributed by atoms with E-state index in [0.29, 0.717) is 11.6 Å². The van der Waals surface area contributed by atoms with Crippen molar-refractivity contribution in [2.45, 2.75) is 40.0 Å². The van der Waals surface area contributed by atoms with Gasteiger partial charge < -0.3 is 9.30 Å². The molecule has 7 heteroatoms. The van der Waals surface area contributed by atoms with E-state index < -0.39 is 17.8 Å². The molecule has 4 amide bonds. The molecule has 0 radical (unpaired) electrons. The van der Waals surface area contributed by atoms with Gasteiger partial charge in [0.2, 0.25) is 0 Å². The predicted octanol–water partition coefficient (Wildman–Crippen LogP) is 5.28. The first-order chi connectivity index (χ1) is 16.7. The fourth-order valence-electron chi connectivity index (χ4n) is 4.30. The Bertz CT molecular complexity index is 1320. The molecule has 1 unspecified atom stereocenters. The molecule has 2 aromatic carbocycles. The monoisotopic (exact) mass is 471 g/mol. The van der Waals surface area contributed by atoms with Crippen LogP contribution in [-0.2, 0) is 9.59 Å². The Hall–Kier alpha value is -4.13. The number of ether oxygens (including phenoxy) is 1. The molecule has 1 fully saturated rings. The van der Waals surface area contributed by atoms with E-state index in [1.165, 1.54) is 0 Å². The van der Waals surface area contributed by atoms with Gasteiger partial charge in [-0.2, -0.15) is 0 Å². The summed E-state index contributed by atoms with van der Waals surface area (Å²) in [5.74, 6) is -0.232. The first-order valence-electron chi connectivity index (χ1n) is 11.6. The topological polar surface area (TPSA) is 80.6 Å². The van der Waals surface area contributed by atoms with Gasteiger partial charge in [-0.05, 0) is 85.9 Å². The number of nitrogens with zero attached hydrogens (tertiary/aromatic N) is 2. The minimum Gasteiger partial charge on any atom is -0.497 e. The van der Waals surface area contributed by atoms with E-state index in [2.05, 4.69) is 19.2 Å². The number of aryl methyl sites for hydroxylation is 1. The second kappa shape index (κ2) is 9.62. The predicted molar refractivity (Wildman–Crippen MR) is 136 cm³/mol. The standard InChI is InChI=1S/C28H29N3O4/c1-6-17(2)20-7-9-23(10-8-20)31-27(33)25(26(32)29-28(31)34)16-21-15-18(3)30(19(21)4)22-11-13-24(35-5)14-12-22/h7-17H,6H2,1-5H3,(H,29,32,34)/b25-16-. The molecule has 35 heavy (non-hydrogen) atoms. The van der Waals surface area contributed by atoms with E-state index in [1.807, 2.05) is 60.9 Å². The zero-order valence-electron chi connectivity index (χ0n) is 20.6. The number of barbiturate groups is 1. The Morgan fingerprint density at radius 1 is 0.971 bits per heavy atom. The number of imide groups is 2. The number of methoxy groups -OCH3 is 1. The summed E-state index contributed by atoms with van der Waals surface area (Å²) >= 11 is 0. The Kier molecular flexibility index (Phi) is 6.60. The largest absolute Gasteiger partial charge is 0.497 e. The van der Waals surface area contributed by atoms with Crippen molar-refractivity contribution in [3.63, 3.8) is 0 Å². The van der Waals surface area contributed by atoms with Crippen LogP contribution in [0.15, 0.2) is 60.2 Å². The van der Waals surface area contributed by atoms with E-state index in [4.69, 9.17) is 4.74 Å². The second-order valence-electron chi connectivity index (χ2n) is 8.72. The molecule has 1 aliphatic rings. The highest BCUT2D eigenvalue weighted by Crippen LogP contribution is 2.28. The SMILES string of the molecule is CCC(C)c1ccc(N2C(=O)NC(=O)/C(=C/c3cc(C)n(-c4ccc(OC)cc4)c3C)C2=O)cc1. The number of anilines is 1. The number of hydrogen-bond acceptors (Lipinski definition) is 4. The van der Waals surface area contributed by atoms with Crippen LogP contribution >= 0.6 is 0 Å². The molecule has 3 aromatic rings. The summed E-state index contributed by atoms with van der Waals surface area (Å²) in [4.78, 5) is 39.6. The van der Waals surface area contributed by atoms with Gasteiger partial charge in [0.15, 0.2) is 0 Å². The number of aromatic nitrogens is 1. The number of amides is 4. The van der Waals surface area contributed by atoms with Crippen LogP contribution in [0.5, 0.6) is 5.75 Å². The van der Waals surface area contributed by atoms with Crippen LogP contribution in [-0.4, -0.2) is 29.5 Å². The maximum Gasteiger partial charge on any atom is 0.335 e. The Balaban J connectivity index is 1.69. The van der Waals surface area contributed by atoms with Crippen molar-refractivity contribution in [1.29, 1.82) is 0 Å². The second-order valence-corrected chi connectivity index (χ2v) is 8.72. The number of rotatable bonds is 6. The summed E-state index contributed by atoms with van der Waals surface area (Å²) in [6.07, 6.45) is 2.53. The van der Waals surface area contributed by atoms with E-state index in [9.17, 15) is 14.4 Å². The van der Waals surface area contributed by atoms with Crippen LogP contribution in [0.1, 0.15) is 48.7 Å². The van der Waals surface area contributed by atoms with Gasteiger partial charge in [-0.15, -0.1) is 0 Å². The van der Waals surface area contributed by atoms with Crippen molar-refractivity contribution in [2.75, 3.05) is 12.0 Å². The number of hydrogen-bond donors (Lipinski definition) is 1. The highest BCUT2D eigenvalue weighted by Gasteiger charge is 2.37.